The standard InChI is InChI=1S/C12H17N3O3/c13-6-7-14-10(12(17)18)8-11(16)15-9-4-2-1-3-5-9/h1-5,10,14H,6-8,13H2,(H,15,16)(H,17,18)/t10-/m1/s1. The first-order valence-electron chi connectivity index (χ1n) is 5.64. The van der Waals surface area contributed by atoms with Crippen LogP contribution in [0, 0.1) is 0 Å². The van der Waals surface area contributed by atoms with Gasteiger partial charge in [0, 0.05) is 18.8 Å². The van der Waals surface area contributed by atoms with Crippen LogP contribution in [0.4, 0.5) is 5.69 Å². The lowest BCUT2D eigenvalue weighted by Crippen LogP contribution is -2.41. The Hall–Kier alpha value is -1.92. The third-order valence-electron chi connectivity index (χ3n) is 2.28. The summed E-state index contributed by atoms with van der Waals surface area (Å²) in [5.41, 5.74) is 5.92. The van der Waals surface area contributed by atoms with Gasteiger partial charge in [-0.25, -0.2) is 0 Å². The molecule has 1 atom stereocenters. The van der Waals surface area contributed by atoms with Gasteiger partial charge in [-0.2, -0.15) is 0 Å². The maximum atomic E-state index is 11.6. The molecule has 0 saturated heterocycles. The van der Waals surface area contributed by atoms with Gasteiger partial charge in [-0.1, -0.05) is 18.2 Å². The van der Waals surface area contributed by atoms with E-state index in [9.17, 15) is 9.59 Å². The van der Waals surface area contributed by atoms with Gasteiger partial charge >= 0.3 is 5.97 Å². The number of anilines is 1. The highest BCUT2D eigenvalue weighted by Crippen LogP contribution is 2.06. The van der Waals surface area contributed by atoms with Crippen molar-refractivity contribution in [3.63, 3.8) is 0 Å². The molecule has 0 spiro atoms. The van der Waals surface area contributed by atoms with E-state index in [4.69, 9.17) is 10.8 Å². The molecule has 6 nitrogen and oxygen atoms in total. The molecule has 0 fully saturated rings. The maximum absolute atomic E-state index is 11.6. The van der Waals surface area contributed by atoms with Gasteiger partial charge in [0.25, 0.3) is 0 Å². The van der Waals surface area contributed by atoms with Gasteiger partial charge < -0.3 is 21.5 Å². The predicted octanol–water partition coefficient (Wildman–Crippen LogP) is 0.0167. The molecule has 6 heteroatoms. The Balaban J connectivity index is 2.48. The normalized spacial score (nSPS) is 11.8. The average Bonchev–Trinajstić information content (AvgIpc) is 2.35. The highest BCUT2D eigenvalue weighted by atomic mass is 16.4. The molecule has 0 aliphatic carbocycles. The number of hydrogen-bond acceptors (Lipinski definition) is 4. The van der Waals surface area contributed by atoms with Gasteiger partial charge in [-0.3, -0.25) is 9.59 Å². The summed E-state index contributed by atoms with van der Waals surface area (Å²) in [6.07, 6.45) is -0.135. The van der Waals surface area contributed by atoms with Crippen molar-refractivity contribution < 1.29 is 14.7 Å². The van der Waals surface area contributed by atoms with E-state index in [2.05, 4.69) is 10.6 Å². The highest BCUT2D eigenvalue weighted by Gasteiger charge is 2.20. The lowest BCUT2D eigenvalue weighted by Gasteiger charge is -2.13. The Kier molecular flexibility index (Phi) is 5.83. The molecule has 0 aromatic heterocycles. The van der Waals surface area contributed by atoms with Crippen molar-refractivity contribution in [1.82, 2.24) is 5.32 Å². The maximum Gasteiger partial charge on any atom is 0.321 e. The van der Waals surface area contributed by atoms with Crippen molar-refractivity contribution in [2.24, 2.45) is 5.73 Å². The third-order valence-corrected chi connectivity index (χ3v) is 2.28. The van der Waals surface area contributed by atoms with Crippen LogP contribution in [-0.4, -0.2) is 36.1 Å². The van der Waals surface area contributed by atoms with Crippen LogP contribution in [0.15, 0.2) is 30.3 Å². The van der Waals surface area contributed by atoms with Crippen LogP contribution in [0.25, 0.3) is 0 Å². The summed E-state index contributed by atoms with van der Waals surface area (Å²) in [6.45, 7) is 0.680. The van der Waals surface area contributed by atoms with Crippen LogP contribution >= 0.6 is 0 Å². The second kappa shape index (κ2) is 7.41. The van der Waals surface area contributed by atoms with E-state index < -0.39 is 12.0 Å². The zero-order valence-electron chi connectivity index (χ0n) is 9.93. The summed E-state index contributed by atoms with van der Waals surface area (Å²) in [7, 11) is 0. The van der Waals surface area contributed by atoms with Crippen molar-refractivity contribution in [3.8, 4) is 0 Å². The lowest BCUT2D eigenvalue weighted by atomic mass is 10.2. The molecule has 0 bridgehead atoms. The number of hydrogen-bond donors (Lipinski definition) is 4. The monoisotopic (exact) mass is 251 g/mol. The SMILES string of the molecule is NCCN[C@H](CC(=O)Nc1ccccc1)C(=O)O. The summed E-state index contributed by atoms with van der Waals surface area (Å²) in [5, 5.41) is 14.3. The summed E-state index contributed by atoms with van der Waals surface area (Å²) in [5.74, 6) is -1.41. The van der Waals surface area contributed by atoms with E-state index in [1.807, 2.05) is 6.07 Å². The molecule has 0 heterocycles. The molecule has 98 valence electrons. The zero-order valence-corrected chi connectivity index (χ0v) is 9.93. The van der Waals surface area contributed by atoms with E-state index in [1.165, 1.54) is 0 Å². The van der Waals surface area contributed by atoms with Crippen LogP contribution in [-0.2, 0) is 9.59 Å². The van der Waals surface area contributed by atoms with Crippen molar-refractivity contribution in [2.45, 2.75) is 12.5 Å². The van der Waals surface area contributed by atoms with Crippen molar-refractivity contribution >= 4 is 17.6 Å². The number of carboxylic acid groups (broad SMARTS) is 1. The van der Waals surface area contributed by atoms with E-state index in [1.54, 1.807) is 24.3 Å². The number of carbonyl (C=O) groups excluding carboxylic acids is 1. The third kappa shape index (κ3) is 4.94. The minimum absolute atomic E-state index is 0.135. The molecule has 18 heavy (non-hydrogen) atoms. The van der Waals surface area contributed by atoms with Gasteiger partial charge in [0.2, 0.25) is 5.91 Å². The fourth-order valence-corrected chi connectivity index (χ4v) is 1.42. The molecule has 1 aromatic carbocycles. The van der Waals surface area contributed by atoms with Gasteiger partial charge in [-0.05, 0) is 12.1 Å². The molecule has 5 N–H and O–H groups in total. The van der Waals surface area contributed by atoms with Gasteiger partial charge in [0.1, 0.15) is 6.04 Å². The first-order valence-corrected chi connectivity index (χ1v) is 5.64. The van der Waals surface area contributed by atoms with Gasteiger partial charge in [0.05, 0.1) is 6.42 Å². The van der Waals surface area contributed by atoms with Crippen LogP contribution < -0.4 is 16.4 Å². The molecule has 1 rings (SSSR count). The number of amides is 1. The summed E-state index contributed by atoms with van der Waals surface area (Å²) in [6, 6.07) is 7.96. The Morgan fingerprint density at radius 2 is 1.94 bits per heavy atom. The number of carbonyl (C=O) groups is 2. The van der Waals surface area contributed by atoms with Crippen molar-refractivity contribution in [3.05, 3.63) is 30.3 Å². The summed E-state index contributed by atoms with van der Waals surface area (Å²) < 4.78 is 0. The van der Waals surface area contributed by atoms with E-state index >= 15 is 0 Å². The zero-order chi connectivity index (χ0) is 13.4. The molecular formula is C12H17N3O3. The van der Waals surface area contributed by atoms with Crippen molar-refractivity contribution in [2.75, 3.05) is 18.4 Å². The fourth-order valence-electron chi connectivity index (χ4n) is 1.42. The van der Waals surface area contributed by atoms with Crippen LogP contribution in [0.2, 0.25) is 0 Å². The number of aliphatic carboxylic acids is 1. The quantitative estimate of drug-likeness (QED) is 0.546. The Morgan fingerprint density at radius 3 is 2.50 bits per heavy atom. The van der Waals surface area contributed by atoms with Gasteiger partial charge in [-0.15, -0.1) is 0 Å². The number of nitrogens with two attached hydrogens (primary N) is 1. The number of rotatable bonds is 7. The Morgan fingerprint density at radius 1 is 1.28 bits per heavy atom. The van der Waals surface area contributed by atoms with Crippen molar-refractivity contribution in [1.29, 1.82) is 0 Å². The predicted molar refractivity (Wildman–Crippen MR) is 68.2 cm³/mol. The molecule has 1 aromatic rings. The van der Waals surface area contributed by atoms with Crippen LogP contribution in [0.1, 0.15) is 6.42 Å². The topological polar surface area (TPSA) is 104 Å². The van der Waals surface area contributed by atoms with Gasteiger partial charge in [0.15, 0.2) is 0 Å². The minimum atomic E-state index is -1.06. The molecule has 0 saturated carbocycles. The number of benzene rings is 1. The first-order chi connectivity index (χ1) is 8.63. The highest BCUT2D eigenvalue weighted by molar-refractivity contribution is 5.93. The van der Waals surface area contributed by atoms with Crippen LogP contribution in [0.5, 0.6) is 0 Å². The number of nitrogens with one attached hydrogen (secondary N) is 2. The summed E-state index contributed by atoms with van der Waals surface area (Å²) >= 11 is 0. The summed E-state index contributed by atoms with van der Waals surface area (Å²) in [4.78, 5) is 22.6. The molecule has 0 radical (unpaired) electrons. The number of carboxylic acids is 1. The van der Waals surface area contributed by atoms with E-state index in [-0.39, 0.29) is 12.3 Å². The molecule has 1 amide bonds. The van der Waals surface area contributed by atoms with E-state index in [0.717, 1.165) is 0 Å². The Labute approximate surface area is 105 Å². The second-order valence-corrected chi connectivity index (χ2v) is 3.75. The molecule has 0 aliphatic heterocycles. The Bertz CT molecular complexity index is 395. The lowest BCUT2D eigenvalue weighted by molar-refractivity contribution is -0.141. The minimum Gasteiger partial charge on any atom is -0.480 e. The average molecular weight is 251 g/mol. The molecular weight excluding hydrogens is 234 g/mol. The number of para-hydroxylation sites is 1. The van der Waals surface area contributed by atoms with E-state index in [0.29, 0.717) is 18.8 Å². The second-order valence-electron chi connectivity index (χ2n) is 3.75. The fraction of sp³-hybridized carbons (Fsp3) is 0.333. The first kappa shape index (κ1) is 14.1. The molecule has 0 aliphatic rings. The van der Waals surface area contributed by atoms with Crippen LogP contribution in [0.3, 0.4) is 0 Å². The molecule has 0 unspecified atom stereocenters. The smallest absolute Gasteiger partial charge is 0.321 e. The largest absolute Gasteiger partial charge is 0.480 e.